The standard InChI is InChI=1S/C10H18N4O/c1-4-5-8(11)10(15)12-9-6(2)13-14-7(9)3/h8H,4-5,11H2,1-3H3,(H,12,15)(H,13,14)/t8-/m0/s1. The summed E-state index contributed by atoms with van der Waals surface area (Å²) in [5, 5.41) is 9.59. The Balaban J connectivity index is 2.66. The Hall–Kier alpha value is -1.36. The van der Waals surface area contributed by atoms with Gasteiger partial charge in [-0.1, -0.05) is 13.3 Å². The third-order valence-electron chi connectivity index (χ3n) is 2.31. The van der Waals surface area contributed by atoms with Crippen molar-refractivity contribution in [2.75, 3.05) is 5.32 Å². The fraction of sp³-hybridized carbons (Fsp3) is 0.600. The number of aryl methyl sites for hydroxylation is 2. The Labute approximate surface area is 89.4 Å². The summed E-state index contributed by atoms with van der Waals surface area (Å²) in [6.07, 6.45) is 1.60. The molecule has 0 bridgehead atoms. The molecule has 0 radical (unpaired) electrons. The number of nitrogens with one attached hydrogen (secondary N) is 2. The maximum absolute atomic E-state index is 11.6. The Kier molecular flexibility index (Phi) is 3.85. The van der Waals surface area contributed by atoms with Crippen molar-refractivity contribution < 1.29 is 4.79 Å². The molecule has 1 aromatic rings. The Morgan fingerprint density at radius 1 is 1.60 bits per heavy atom. The number of hydrogen-bond acceptors (Lipinski definition) is 3. The number of carbonyl (C=O) groups excluding carboxylic acids is 1. The molecule has 1 rings (SSSR count). The van der Waals surface area contributed by atoms with Gasteiger partial charge in [-0.25, -0.2) is 0 Å². The van der Waals surface area contributed by atoms with Gasteiger partial charge in [0.1, 0.15) is 0 Å². The first kappa shape index (κ1) is 11.7. The van der Waals surface area contributed by atoms with Crippen LogP contribution in [0.4, 0.5) is 5.69 Å². The van der Waals surface area contributed by atoms with Crippen LogP contribution >= 0.6 is 0 Å². The lowest BCUT2D eigenvalue weighted by Crippen LogP contribution is -2.35. The van der Waals surface area contributed by atoms with Gasteiger partial charge in [0.25, 0.3) is 0 Å². The van der Waals surface area contributed by atoms with Gasteiger partial charge in [-0.2, -0.15) is 5.10 Å². The number of nitrogens with zero attached hydrogens (tertiary/aromatic N) is 1. The van der Waals surface area contributed by atoms with Gasteiger partial charge < -0.3 is 11.1 Å². The summed E-state index contributed by atoms with van der Waals surface area (Å²) >= 11 is 0. The van der Waals surface area contributed by atoms with Crippen LogP contribution in [0.25, 0.3) is 0 Å². The molecule has 1 heterocycles. The summed E-state index contributed by atoms with van der Waals surface area (Å²) in [6.45, 7) is 5.70. The van der Waals surface area contributed by atoms with Gasteiger partial charge in [0.2, 0.25) is 5.91 Å². The van der Waals surface area contributed by atoms with E-state index < -0.39 is 6.04 Å². The van der Waals surface area contributed by atoms with Crippen molar-refractivity contribution in [1.82, 2.24) is 10.2 Å². The molecule has 0 aliphatic rings. The molecule has 0 spiro atoms. The van der Waals surface area contributed by atoms with Gasteiger partial charge in [-0.15, -0.1) is 0 Å². The van der Waals surface area contributed by atoms with E-state index in [1.807, 2.05) is 20.8 Å². The van der Waals surface area contributed by atoms with E-state index in [0.29, 0.717) is 6.42 Å². The van der Waals surface area contributed by atoms with E-state index in [-0.39, 0.29) is 5.91 Å². The molecule has 1 aromatic heterocycles. The second kappa shape index (κ2) is 4.93. The second-order valence-corrected chi connectivity index (χ2v) is 3.69. The summed E-state index contributed by atoms with van der Waals surface area (Å²) in [4.78, 5) is 11.6. The number of rotatable bonds is 4. The normalized spacial score (nSPS) is 12.5. The molecule has 4 N–H and O–H groups in total. The molecule has 0 aliphatic carbocycles. The molecule has 5 heteroatoms. The Morgan fingerprint density at radius 3 is 2.73 bits per heavy atom. The van der Waals surface area contributed by atoms with E-state index in [4.69, 9.17) is 5.73 Å². The quantitative estimate of drug-likeness (QED) is 0.695. The molecule has 15 heavy (non-hydrogen) atoms. The molecular formula is C10H18N4O. The van der Waals surface area contributed by atoms with Gasteiger partial charge in [-0.05, 0) is 20.3 Å². The molecule has 0 aliphatic heterocycles. The van der Waals surface area contributed by atoms with Crippen molar-refractivity contribution in [1.29, 1.82) is 0 Å². The average molecular weight is 210 g/mol. The van der Waals surface area contributed by atoms with Gasteiger partial charge >= 0.3 is 0 Å². The Bertz CT molecular complexity index is 326. The van der Waals surface area contributed by atoms with Crippen LogP contribution in [0.1, 0.15) is 31.2 Å². The van der Waals surface area contributed by atoms with Gasteiger partial charge in [0, 0.05) is 0 Å². The first-order valence-corrected chi connectivity index (χ1v) is 5.14. The van der Waals surface area contributed by atoms with Crippen LogP contribution in [-0.4, -0.2) is 22.1 Å². The predicted molar refractivity (Wildman–Crippen MR) is 59.6 cm³/mol. The fourth-order valence-electron chi connectivity index (χ4n) is 1.39. The maximum Gasteiger partial charge on any atom is 0.241 e. The zero-order valence-corrected chi connectivity index (χ0v) is 9.42. The highest BCUT2D eigenvalue weighted by molar-refractivity contribution is 5.95. The molecular weight excluding hydrogens is 192 g/mol. The SMILES string of the molecule is CCC[C@H](N)C(=O)Nc1c(C)n[nH]c1C. The van der Waals surface area contributed by atoms with Gasteiger partial charge in [0.05, 0.1) is 23.1 Å². The minimum atomic E-state index is -0.441. The summed E-state index contributed by atoms with van der Waals surface area (Å²) in [5.41, 5.74) is 8.08. The van der Waals surface area contributed by atoms with Crippen LogP contribution in [0.2, 0.25) is 0 Å². The van der Waals surface area contributed by atoms with Crippen LogP contribution in [0.5, 0.6) is 0 Å². The van der Waals surface area contributed by atoms with E-state index in [9.17, 15) is 4.79 Å². The zero-order chi connectivity index (χ0) is 11.4. The third-order valence-corrected chi connectivity index (χ3v) is 2.31. The van der Waals surface area contributed by atoms with Crippen molar-refractivity contribution in [3.8, 4) is 0 Å². The number of carbonyl (C=O) groups is 1. The van der Waals surface area contributed by atoms with Crippen molar-refractivity contribution in [3.05, 3.63) is 11.4 Å². The van der Waals surface area contributed by atoms with E-state index in [1.165, 1.54) is 0 Å². The number of anilines is 1. The molecule has 0 saturated carbocycles. The number of amides is 1. The summed E-state index contributed by atoms with van der Waals surface area (Å²) < 4.78 is 0. The molecule has 0 saturated heterocycles. The lowest BCUT2D eigenvalue weighted by molar-refractivity contribution is -0.117. The second-order valence-electron chi connectivity index (χ2n) is 3.69. The highest BCUT2D eigenvalue weighted by atomic mass is 16.2. The minimum Gasteiger partial charge on any atom is -0.322 e. The largest absolute Gasteiger partial charge is 0.322 e. The monoisotopic (exact) mass is 210 g/mol. The highest BCUT2D eigenvalue weighted by Gasteiger charge is 2.15. The topological polar surface area (TPSA) is 83.8 Å². The van der Waals surface area contributed by atoms with E-state index >= 15 is 0 Å². The van der Waals surface area contributed by atoms with Gasteiger partial charge in [-0.3, -0.25) is 9.89 Å². The molecule has 0 unspecified atom stereocenters. The van der Waals surface area contributed by atoms with Crippen LogP contribution < -0.4 is 11.1 Å². The number of hydrogen-bond donors (Lipinski definition) is 3. The van der Waals surface area contributed by atoms with E-state index in [2.05, 4.69) is 15.5 Å². The minimum absolute atomic E-state index is 0.149. The number of H-pyrrole nitrogens is 1. The van der Waals surface area contributed by atoms with Crippen LogP contribution in [0.15, 0.2) is 0 Å². The fourth-order valence-corrected chi connectivity index (χ4v) is 1.39. The van der Waals surface area contributed by atoms with Crippen LogP contribution in [-0.2, 0) is 4.79 Å². The average Bonchev–Trinajstić information content (AvgIpc) is 2.49. The molecule has 84 valence electrons. The summed E-state index contributed by atoms with van der Waals surface area (Å²) in [6, 6.07) is -0.441. The smallest absolute Gasteiger partial charge is 0.241 e. The predicted octanol–water partition coefficient (Wildman–Crippen LogP) is 1.09. The van der Waals surface area contributed by atoms with Crippen LogP contribution in [0, 0.1) is 13.8 Å². The number of nitrogens with two attached hydrogens (primary N) is 1. The lowest BCUT2D eigenvalue weighted by Gasteiger charge is -2.10. The first-order chi connectivity index (χ1) is 7.06. The van der Waals surface area contributed by atoms with Crippen LogP contribution in [0.3, 0.4) is 0 Å². The summed E-state index contributed by atoms with van der Waals surface area (Å²) in [7, 11) is 0. The number of aromatic nitrogens is 2. The number of aromatic amines is 1. The first-order valence-electron chi connectivity index (χ1n) is 5.14. The van der Waals surface area contributed by atoms with Crippen molar-refractivity contribution in [3.63, 3.8) is 0 Å². The highest BCUT2D eigenvalue weighted by Crippen LogP contribution is 2.16. The molecule has 0 fully saturated rings. The van der Waals surface area contributed by atoms with E-state index in [0.717, 1.165) is 23.5 Å². The van der Waals surface area contributed by atoms with Gasteiger partial charge in [0.15, 0.2) is 0 Å². The zero-order valence-electron chi connectivity index (χ0n) is 9.42. The van der Waals surface area contributed by atoms with Crippen molar-refractivity contribution >= 4 is 11.6 Å². The van der Waals surface area contributed by atoms with E-state index in [1.54, 1.807) is 0 Å². The molecule has 5 nitrogen and oxygen atoms in total. The molecule has 0 aromatic carbocycles. The van der Waals surface area contributed by atoms with Crippen molar-refractivity contribution in [2.24, 2.45) is 5.73 Å². The maximum atomic E-state index is 11.6. The third kappa shape index (κ3) is 2.79. The molecule has 1 atom stereocenters. The lowest BCUT2D eigenvalue weighted by atomic mass is 10.1. The van der Waals surface area contributed by atoms with Crippen molar-refractivity contribution in [2.45, 2.75) is 39.7 Å². The molecule has 1 amide bonds. The summed E-state index contributed by atoms with van der Waals surface area (Å²) in [5.74, 6) is -0.149. The Morgan fingerprint density at radius 2 is 2.27 bits per heavy atom.